The number of alkyl carbamates (subject to hydrolysis) is 1. The molecule has 4 aliphatic carbocycles. The van der Waals surface area contributed by atoms with Crippen molar-refractivity contribution in [2.75, 3.05) is 46.9 Å². The first-order chi connectivity index (χ1) is 19.4. The minimum Gasteiger partial charge on any atom is -0.447 e. The molecular formula is C30H44F2N4O4. The van der Waals surface area contributed by atoms with E-state index in [1.807, 2.05) is 7.05 Å². The Bertz CT molecular complexity index is 1050. The van der Waals surface area contributed by atoms with Crippen LogP contribution in [0.1, 0.15) is 62.0 Å². The van der Waals surface area contributed by atoms with E-state index in [2.05, 4.69) is 16.0 Å². The summed E-state index contributed by atoms with van der Waals surface area (Å²) in [7, 11) is 3.37. The normalized spacial score (nSPS) is 29.4. The zero-order valence-electron chi connectivity index (χ0n) is 23.7. The van der Waals surface area contributed by atoms with Crippen molar-refractivity contribution >= 4 is 12.1 Å². The van der Waals surface area contributed by atoms with Gasteiger partial charge in [0.2, 0.25) is 0 Å². The highest BCUT2D eigenvalue weighted by molar-refractivity contribution is 5.74. The molecule has 8 nitrogen and oxygen atoms in total. The molecule has 1 heterocycles. The van der Waals surface area contributed by atoms with Crippen molar-refractivity contribution in [1.29, 1.82) is 0 Å². The number of hydrogen-bond donors (Lipinski definition) is 3. The van der Waals surface area contributed by atoms with E-state index in [-0.39, 0.29) is 48.9 Å². The van der Waals surface area contributed by atoms with Crippen molar-refractivity contribution in [3.05, 3.63) is 34.9 Å². The van der Waals surface area contributed by atoms with Crippen LogP contribution in [0.3, 0.4) is 0 Å². The molecule has 1 aliphatic heterocycles. The third kappa shape index (κ3) is 6.54. The number of rotatable bonds is 11. The van der Waals surface area contributed by atoms with Crippen LogP contribution in [0.15, 0.2) is 12.1 Å². The lowest BCUT2D eigenvalue weighted by Crippen LogP contribution is -2.51. The van der Waals surface area contributed by atoms with Crippen LogP contribution in [0, 0.1) is 41.2 Å². The number of piperidine rings is 1. The topological polar surface area (TPSA) is 91.9 Å². The van der Waals surface area contributed by atoms with Gasteiger partial charge in [-0.3, -0.25) is 0 Å². The summed E-state index contributed by atoms with van der Waals surface area (Å²) >= 11 is 0. The number of halogens is 2. The molecule has 4 bridgehead atoms. The molecule has 4 saturated carbocycles. The number of ether oxygens (including phenoxy) is 2. The van der Waals surface area contributed by atoms with E-state index in [0.717, 1.165) is 49.1 Å². The zero-order chi connectivity index (χ0) is 28.2. The molecule has 0 radical (unpaired) electrons. The van der Waals surface area contributed by atoms with Crippen LogP contribution in [-0.2, 0) is 16.1 Å². The van der Waals surface area contributed by atoms with Crippen molar-refractivity contribution in [2.45, 2.75) is 63.5 Å². The number of carbonyl (C=O) groups excluding carboxylic acids is 2. The van der Waals surface area contributed by atoms with E-state index in [9.17, 15) is 14.0 Å². The average molecular weight is 563 g/mol. The number of nitrogens with one attached hydrogen (secondary N) is 3. The Labute approximate surface area is 235 Å². The van der Waals surface area contributed by atoms with E-state index < -0.39 is 17.7 Å². The van der Waals surface area contributed by atoms with Crippen LogP contribution in [0.2, 0.25) is 0 Å². The molecule has 3 N–H and O–H groups in total. The maximum absolute atomic E-state index is 15.5. The third-order valence-electron chi connectivity index (χ3n) is 9.79. The monoisotopic (exact) mass is 562 g/mol. The van der Waals surface area contributed by atoms with E-state index in [0.29, 0.717) is 25.4 Å². The highest BCUT2D eigenvalue weighted by Crippen LogP contribution is 2.62. The molecular weight excluding hydrogens is 518 g/mol. The molecule has 1 saturated heterocycles. The van der Waals surface area contributed by atoms with Gasteiger partial charge >= 0.3 is 12.1 Å². The van der Waals surface area contributed by atoms with E-state index in [4.69, 9.17) is 9.47 Å². The van der Waals surface area contributed by atoms with E-state index in [1.165, 1.54) is 38.8 Å². The van der Waals surface area contributed by atoms with Gasteiger partial charge in [0.05, 0.1) is 13.2 Å². The lowest BCUT2D eigenvalue weighted by molar-refractivity contribution is 0.0641. The fourth-order valence-corrected chi connectivity index (χ4v) is 8.21. The summed E-state index contributed by atoms with van der Waals surface area (Å²) in [5, 5.41) is 8.88. The van der Waals surface area contributed by atoms with E-state index >= 15 is 4.39 Å². The smallest absolute Gasteiger partial charge is 0.406 e. The SMILES string of the molecule is CNC[C@H](C[C@H]1[C@H]2C[C@@H]3C[C@@H](C2)[C@@H]1C3)NC(=O)N1CCC[C@H](c2cc(F)cc(COCCOC(=O)NC)c2F)C1. The first-order valence-corrected chi connectivity index (χ1v) is 15.0. The predicted molar refractivity (Wildman–Crippen MR) is 147 cm³/mol. The zero-order valence-corrected chi connectivity index (χ0v) is 23.7. The van der Waals surface area contributed by atoms with Gasteiger partial charge in [0, 0.05) is 44.2 Å². The Morgan fingerprint density at radius 2 is 1.93 bits per heavy atom. The number of likely N-dealkylation sites (tertiary alicyclic amines) is 1. The van der Waals surface area contributed by atoms with Crippen molar-refractivity contribution in [2.24, 2.45) is 29.6 Å². The second-order valence-electron chi connectivity index (χ2n) is 12.3. The van der Waals surface area contributed by atoms with Gasteiger partial charge in [0.1, 0.15) is 18.2 Å². The van der Waals surface area contributed by atoms with E-state index in [1.54, 1.807) is 4.90 Å². The number of benzene rings is 1. The number of urea groups is 1. The number of nitrogens with zero attached hydrogens (tertiary/aromatic N) is 1. The summed E-state index contributed by atoms with van der Waals surface area (Å²) in [5.41, 5.74) is 0.396. The fraction of sp³-hybridized carbons (Fsp3) is 0.733. The minimum atomic E-state index is -0.580. The number of amides is 3. The summed E-state index contributed by atoms with van der Waals surface area (Å²) in [6, 6.07) is 2.32. The molecule has 3 amide bonds. The lowest BCUT2D eigenvalue weighted by Gasteiger charge is -2.37. The largest absolute Gasteiger partial charge is 0.447 e. The Morgan fingerprint density at radius 3 is 2.70 bits per heavy atom. The maximum atomic E-state index is 15.5. The second-order valence-corrected chi connectivity index (χ2v) is 12.3. The van der Waals surface area contributed by atoms with Gasteiger partial charge in [-0.05, 0) is 99.3 Å². The summed E-state index contributed by atoms with van der Waals surface area (Å²) in [6.45, 7) is 1.61. The van der Waals surface area contributed by atoms with Crippen LogP contribution in [-0.4, -0.2) is 70.0 Å². The first kappa shape index (κ1) is 29.0. The predicted octanol–water partition coefficient (Wildman–Crippen LogP) is 4.39. The van der Waals surface area contributed by atoms with Gasteiger partial charge < -0.3 is 30.3 Å². The number of carbonyl (C=O) groups is 2. The third-order valence-corrected chi connectivity index (χ3v) is 9.79. The Balaban J connectivity index is 1.17. The quantitative estimate of drug-likeness (QED) is 0.348. The summed E-state index contributed by atoms with van der Waals surface area (Å²) in [6.07, 6.45) is 7.35. The van der Waals surface area contributed by atoms with Crippen LogP contribution < -0.4 is 16.0 Å². The van der Waals surface area contributed by atoms with Crippen molar-refractivity contribution in [1.82, 2.24) is 20.9 Å². The molecule has 0 unspecified atom stereocenters. The molecule has 1 aromatic rings. The standard InChI is InChI=1S/C30H44F2N4O4/c1-33-15-24(14-26-21-9-18-8-20(11-21)25(26)10-18)35-29(37)36-5-3-4-19(16-36)27-13-23(31)12-22(28(27)32)17-39-6-7-40-30(38)34-2/h12-13,18-21,24-26,33H,3-11,14-17H2,1-2H3,(H,34,38)(H,35,37)/t18-,19-,20-,21-,24-,25-,26-/m0/s1. The van der Waals surface area contributed by atoms with Gasteiger partial charge in [0.15, 0.2) is 0 Å². The van der Waals surface area contributed by atoms with Crippen LogP contribution in [0.25, 0.3) is 0 Å². The van der Waals surface area contributed by atoms with Gasteiger partial charge in [-0.25, -0.2) is 18.4 Å². The van der Waals surface area contributed by atoms with Crippen molar-refractivity contribution < 1.29 is 27.8 Å². The van der Waals surface area contributed by atoms with Crippen molar-refractivity contribution in [3.8, 4) is 0 Å². The molecule has 0 spiro atoms. The summed E-state index contributed by atoms with van der Waals surface area (Å²) in [4.78, 5) is 26.3. The van der Waals surface area contributed by atoms with Crippen LogP contribution >= 0.6 is 0 Å². The van der Waals surface area contributed by atoms with Gasteiger partial charge in [-0.15, -0.1) is 0 Å². The highest BCUT2D eigenvalue weighted by Gasteiger charge is 2.53. The molecule has 6 rings (SSSR count). The molecule has 5 aliphatic rings. The Morgan fingerprint density at radius 1 is 1.10 bits per heavy atom. The molecule has 5 fully saturated rings. The molecule has 7 atom stereocenters. The van der Waals surface area contributed by atoms with Gasteiger partial charge in [-0.1, -0.05) is 0 Å². The minimum absolute atomic E-state index is 0.00780. The molecule has 40 heavy (non-hydrogen) atoms. The molecule has 0 aromatic heterocycles. The van der Waals surface area contributed by atoms with Crippen molar-refractivity contribution in [3.63, 3.8) is 0 Å². The highest BCUT2D eigenvalue weighted by atomic mass is 19.1. The summed E-state index contributed by atoms with van der Waals surface area (Å²) < 4.78 is 40.3. The maximum Gasteiger partial charge on any atom is 0.406 e. The fourth-order valence-electron chi connectivity index (χ4n) is 8.21. The number of likely N-dealkylation sites (N-methyl/N-ethyl adjacent to an activating group) is 1. The first-order valence-electron chi connectivity index (χ1n) is 15.0. The second kappa shape index (κ2) is 13.0. The van der Waals surface area contributed by atoms with Crippen LogP contribution in [0.5, 0.6) is 0 Å². The van der Waals surface area contributed by atoms with Gasteiger partial charge in [0.25, 0.3) is 0 Å². The molecule has 10 heteroatoms. The number of hydrogen-bond acceptors (Lipinski definition) is 5. The summed E-state index contributed by atoms with van der Waals surface area (Å²) in [5.74, 6) is 2.85. The Kier molecular flexibility index (Phi) is 9.45. The van der Waals surface area contributed by atoms with Crippen LogP contribution in [0.4, 0.5) is 18.4 Å². The lowest BCUT2D eigenvalue weighted by atomic mass is 9.73. The molecule has 222 valence electrons. The molecule has 1 aromatic carbocycles. The average Bonchev–Trinajstić information content (AvgIpc) is 3.36. The Hall–Kier alpha value is -2.46. The van der Waals surface area contributed by atoms with Gasteiger partial charge in [-0.2, -0.15) is 0 Å².